The minimum Gasteiger partial charge on any atom is -0.485 e. The Morgan fingerprint density at radius 1 is 0.788 bits per heavy atom. The molecular formula is C30H48F2O. The van der Waals surface area contributed by atoms with E-state index in [1.165, 1.54) is 70.6 Å². The molecule has 1 atom stereocenters. The van der Waals surface area contributed by atoms with Gasteiger partial charge in [0, 0.05) is 0 Å². The van der Waals surface area contributed by atoms with E-state index in [0.717, 1.165) is 55.4 Å². The Kier molecular flexibility index (Phi) is 11.0. The fourth-order valence-corrected chi connectivity index (χ4v) is 6.41. The number of halogens is 2. The van der Waals surface area contributed by atoms with E-state index in [-0.39, 0.29) is 17.8 Å². The number of rotatable bonds is 12. The fourth-order valence-electron chi connectivity index (χ4n) is 6.41. The van der Waals surface area contributed by atoms with Gasteiger partial charge in [0.25, 0.3) is 0 Å². The van der Waals surface area contributed by atoms with E-state index in [9.17, 15) is 8.78 Å². The van der Waals surface area contributed by atoms with Gasteiger partial charge in [-0.25, -0.2) is 8.78 Å². The van der Waals surface area contributed by atoms with Gasteiger partial charge in [-0.3, -0.25) is 0 Å². The van der Waals surface area contributed by atoms with Crippen LogP contribution < -0.4 is 4.74 Å². The molecule has 0 aromatic heterocycles. The molecule has 0 spiro atoms. The van der Waals surface area contributed by atoms with E-state index in [1.54, 1.807) is 12.1 Å². The summed E-state index contributed by atoms with van der Waals surface area (Å²) in [7, 11) is 0. The summed E-state index contributed by atoms with van der Waals surface area (Å²) < 4.78 is 35.3. The Balaban J connectivity index is 1.47. The lowest BCUT2D eigenvalue weighted by Crippen LogP contribution is -2.25. The van der Waals surface area contributed by atoms with Crippen LogP contribution in [-0.4, -0.2) is 6.10 Å². The summed E-state index contributed by atoms with van der Waals surface area (Å²) >= 11 is 0. The average Bonchev–Trinajstić information content (AvgIpc) is 2.83. The number of hydrogen-bond acceptors (Lipinski definition) is 1. The third-order valence-corrected chi connectivity index (χ3v) is 8.57. The van der Waals surface area contributed by atoms with Crippen molar-refractivity contribution in [2.75, 3.05) is 0 Å². The first-order chi connectivity index (χ1) is 16.0. The van der Waals surface area contributed by atoms with Crippen molar-refractivity contribution in [3.63, 3.8) is 0 Å². The zero-order chi connectivity index (χ0) is 23.6. The summed E-state index contributed by atoms with van der Waals surface area (Å²) in [6, 6.07) is 3.10. The van der Waals surface area contributed by atoms with Crippen molar-refractivity contribution < 1.29 is 13.5 Å². The van der Waals surface area contributed by atoms with Gasteiger partial charge in [-0.2, -0.15) is 0 Å². The highest BCUT2D eigenvalue weighted by molar-refractivity contribution is 5.33. The Hall–Kier alpha value is -1.12. The van der Waals surface area contributed by atoms with Crippen LogP contribution in [0.5, 0.6) is 5.75 Å². The Labute approximate surface area is 202 Å². The molecule has 0 radical (unpaired) electrons. The molecule has 0 N–H and O–H groups in total. The van der Waals surface area contributed by atoms with Crippen LogP contribution >= 0.6 is 0 Å². The highest BCUT2D eigenvalue weighted by atomic mass is 19.1. The standard InChI is InChI=1S/C30H48F2O/c1-4-6-8-9-10-22(3)33-30-28(31)20-27(21-29(30)32)26-18-16-25(17-19-26)24-14-12-23(13-15-24)11-7-5-2/h20-26H,4-19H2,1-3H3. The monoisotopic (exact) mass is 462 g/mol. The van der Waals surface area contributed by atoms with Crippen LogP contribution in [-0.2, 0) is 0 Å². The van der Waals surface area contributed by atoms with Gasteiger partial charge in [-0.05, 0) is 99.7 Å². The first-order valence-corrected chi connectivity index (χ1v) is 14.2. The second-order valence-electron chi connectivity index (χ2n) is 11.1. The number of unbranched alkanes of at least 4 members (excludes halogenated alkanes) is 4. The van der Waals surface area contributed by atoms with E-state index in [1.807, 2.05) is 6.92 Å². The van der Waals surface area contributed by atoms with Gasteiger partial charge in [0.2, 0.25) is 0 Å². The summed E-state index contributed by atoms with van der Waals surface area (Å²) in [6.07, 6.45) is 19.6. The minimum absolute atomic E-state index is 0.163. The first kappa shape index (κ1) is 26.5. The van der Waals surface area contributed by atoms with Crippen molar-refractivity contribution in [2.24, 2.45) is 17.8 Å². The lowest BCUT2D eigenvalue weighted by molar-refractivity contribution is 0.155. The van der Waals surface area contributed by atoms with Crippen molar-refractivity contribution in [2.45, 2.75) is 136 Å². The molecule has 2 fully saturated rings. The Bertz CT molecular complexity index is 664. The molecular weight excluding hydrogens is 414 g/mol. The number of benzene rings is 1. The molecule has 1 aromatic rings. The molecule has 3 rings (SSSR count). The normalized spacial score (nSPS) is 26.8. The van der Waals surface area contributed by atoms with Gasteiger partial charge in [0.05, 0.1) is 6.10 Å². The molecule has 2 aliphatic carbocycles. The zero-order valence-electron chi connectivity index (χ0n) is 21.5. The summed E-state index contributed by atoms with van der Waals surface area (Å²) in [4.78, 5) is 0. The molecule has 0 bridgehead atoms. The lowest BCUT2D eigenvalue weighted by Gasteiger charge is -2.38. The average molecular weight is 463 g/mol. The van der Waals surface area contributed by atoms with Crippen LogP contribution in [0.15, 0.2) is 12.1 Å². The molecule has 0 amide bonds. The van der Waals surface area contributed by atoms with E-state index >= 15 is 0 Å². The van der Waals surface area contributed by atoms with Crippen LogP contribution in [0.2, 0.25) is 0 Å². The maximum absolute atomic E-state index is 14.8. The first-order valence-electron chi connectivity index (χ1n) is 14.2. The molecule has 3 heteroatoms. The highest BCUT2D eigenvalue weighted by Gasteiger charge is 2.31. The predicted molar refractivity (Wildman–Crippen MR) is 135 cm³/mol. The summed E-state index contributed by atoms with van der Waals surface area (Å²) in [6.45, 7) is 6.38. The maximum atomic E-state index is 14.8. The fraction of sp³-hybridized carbons (Fsp3) is 0.800. The van der Waals surface area contributed by atoms with Crippen molar-refractivity contribution in [1.29, 1.82) is 0 Å². The van der Waals surface area contributed by atoms with Crippen LogP contribution in [0, 0.1) is 29.4 Å². The molecule has 188 valence electrons. The van der Waals surface area contributed by atoms with Crippen molar-refractivity contribution in [1.82, 2.24) is 0 Å². The molecule has 2 saturated carbocycles. The quantitative estimate of drug-likeness (QED) is 0.281. The van der Waals surface area contributed by atoms with Crippen LogP contribution in [0.4, 0.5) is 8.78 Å². The van der Waals surface area contributed by atoms with E-state index in [2.05, 4.69) is 13.8 Å². The van der Waals surface area contributed by atoms with Gasteiger partial charge in [-0.15, -0.1) is 0 Å². The second-order valence-corrected chi connectivity index (χ2v) is 11.1. The van der Waals surface area contributed by atoms with Gasteiger partial charge in [0.15, 0.2) is 17.4 Å². The van der Waals surface area contributed by atoms with Crippen LogP contribution in [0.3, 0.4) is 0 Å². The van der Waals surface area contributed by atoms with E-state index < -0.39 is 11.6 Å². The minimum atomic E-state index is -0.530. The highest BCUT2D eigenvalue weighted by Crippen LogP contribution is 2.45. The molecule has 33 heavy (non-hydrogen) atoms. The van der Waals surface area contributed by atoms with Gasteiger partial charge in [-0.1, -0.05) is 65.2 Å². The molecule has 1 aromatic carbocycles. The molecule has 2 aliphatic rings. The van der Waals surface area contributed by atoms with Crippen LogP contribution in [0.1, 0.15) is 135 Å². The second kappa shape index (κ2) is 13.7. The molecule has 1 nitrogen and oxygen atoms in total. The third-order valence-electron chi connectivity index (χ3n) is 8.57. The van der Waals surface area contributed by atoms with E-state index in [0.29, 0.717) is 0 Å². The number of ether oxygens (including phenoxy) is 1. The summed E-state index contributed by atoms with van der Waals surface area (Å²) in [5, 5.41) is 0. The Morgan fingerprint density at radius 2 is 1.36 bits per heavy atom. The third kappa shape index (κ3) is 7.96. The Morgan fingerprint density at radius 3 is 1.94 bits per heavy atom. The SMILES string of the molecule is CCCCCCC(C)Oc1c(F)cc(C2CCC(C3CCC(CCCC)CC3)CC2)cc1F. The van der Waals surface area contributed by atoms with Gasteiger partial charge >= 0.3 is 0 Å². The maximum Gasteiger partial charge on any atom is 0.191 e. The van der Waals surface area contributed by atoms with E-state index in [4.69, 9.17) is 4.74 Å². The molecule has 1 unspecified atom stereocenters. The summed E-state index contributed by atoms with van der Waals surface area (Å²) in [5.41, 5.74) is 0.828. The largest absolute Gasteiger partial charge is 0.485 e. The van der Waals surface area contributed by atoms with Crippen LogP contribution in [0.25, 0.3) is 0 Å². The molecule has 0 saturated heterocycles. The van der Waals surface area contributed by atoms with Gasteiger partial charge < -0.3 is 4.74 Å². The number of hydrogen-bond donors (Lipinski definition) is 0. The topological polar surface area (TPSA) is 9.23 Å². The zero-order valence-corrected chi connectivity index (χ0v) is 21.5. The smallest absolute Gasteiger partial charge is 0.191 e. The molecule has 0 heterocycles. The summed E-state index contributed by atoms with van der Waals surface area (Å²) in [5.74, 6) is 1.70. The molecule has 0 aliphatic heterocycles. The van der Waals surface area contributed by atoms with Crippen molar-refractivity contribution in [3.05, 3.63) is 29.3 Å². The van der Waals surface area contributed by atoms with Crippen molar-refractivity contribution >= 4 is 0 Å². The lowest BCUT2D eigenvalue weighted by atomic mass is 9.68. The van der Waals surface area contributed by atoms with Gasteiger partial charge in [0.1, 0.15) is 0 Å². The van der Waals surface area contributed by atoms with Crippen molar-refractivity contribution in [3.8, 4) is 5.75 Å². The predicted octanol–water partition coefficient (Wildman–Crippen LogP) is 9.97.